The molecule has 0 saturated carbocycles. The van der Waals surface area contributed by atoms with Gasteiger partial charge in [0.1, 0.15) is 0 Å². The minimum absolute atomic E-state index is 0.672. The maximum atomic E-state index is 5.25. The number of nitrogens with zero attached hydrogens (tertiary/aromatic N) is 3. The standard InChI is InChI=1S/C45H25N3S3/c1-2-11-26(12-3-1)43-46-44(34-19-9-17-32-30-14-5-7-22-38(30)50-41(32)34)48-45(47-43)35-20-10-18-33-36-25-27(23-24-39(36)51-42(33)35)28-15-8-16-31-29-13-4-6-21-37(29)49-40(28)31/h1-25H. The van der Waals surface area contributed by atoms with Crippen LogP contribution in [-0.2, 0) is 0 Å². The van der Waals surface area contributed by atoms with E-state index in [1.807, 2.05) is 40.9 Å². The SMILES string of the molecule is c1ccc(-c2nc(-c3cccc4c3sc3ccccc34)nc(-c3cccc4c3sc3ccc(-c5cccc6c5sc5ccccc56)cc34)n2)cc1. The van der Waals surface area contributed by atoms with Crippen molar-refractivity contribution in [3.8, 4) is 45.3 Å². The predicted octanol–water partition coefficient (Wildman–Crippen LogP) is 13.6. The topological polar surface area (TPSA) is 38.7 Å². The number of thiophene rings is 3. The number of rotatable bonds is 4. The van der Waals surface area contributed by atoms with E-state index in [0.717, 1.165) is 16.7 Å². The maximum Gasteiger partial charge on any atom is 0.165 e. The van der Waals surface area contributed by atoms with Gasteiger partial charge in [0.25, 0.3) is 0 Å². The van der Waals surface area contributed by atoms with Gasteiger partial charge in [-0.1, -0.05) is 115 Å². The summed E-state index contributed by atoms with van der Waals surface area (Å²) < 4.78 is 7.53. The van der Waals surface area contributed by atoms with E-state index in [4.69, 9.17) is 15.0 Å². The Labute approximate surface area is 304 Å². The third-order valence-corrected chi connectivity index (χ3v) is 13.4. The molecule has 3 nitrogen and oxygen atoms in total. The molecule has 0 fully saturated rings. The van der Waals surface area contributed by atoms with Gasteiger partial charge in [0.05, 0.1) is 0 Å². The lowest BCUT2D eigenvalue weighted by Crippen LogP contribution is -2.00. The molecular weight excluding hydrogens is 679 g/mol. The Bertz CT molecular complexity index is 3150. The highest BCUT2D eigenvalue weighted by atomic mass is 32.1. The van der Waals surface area contributed by atoms with Crippen molar-refractivity contribution in [3.63, 3.8) is 0 Å². The zero-order chi connectivity index (χ0) is 33.5. The maximum absolute atomic E-state index is 5.25. The van der Waals surface area contributed by atoms with Gasteiger partial charge >= 0.3 is 0 Å². The Kier molecular flexibility index (Phi) is 6.46. The van der Waals surface area contributed by atoms with Gasteiger partial charge in [-0.15, -0.1) is 34.0 Å². The van der Waals surface area contributed by atoms with Gasteiger partial charge in [-0.2, -0.15) is 0 Å². The second-order valence-corrected chi connectivity index (χ2v) is 15.9. The van der Waals surface area contributed by atoms with Crippen LogP contribution in [0.5, 0.6) is 0 Å². The molecule has 0 aliphatic carbocycles. The van der Waals surface area contributed by atoms with Crippen LogP contribution < -0.4 is 0 Å². The smallest absolute Gasteiger partial charge is 0.165 e. The molecular formula is C45H25N3S3. The summed E-state index contributed by atoms with van der Waals surface area (Å²) in [5.74, 6) is 2.04. The number of aromatic nitrogens is 3. The molecule has 0 aliphatic rings. The fourth-order valence-electron chi connectivity index (χ4n) is 7.37. The summed E-state index contributed by atoms with van der Waals surface area (Å²) in [6.07, 6.45) is 0. The lowest BCUT2D eigenvalue weighted by atomic mass is 10.00. The Balaban J connectivity index is 1.11. The van der Waals surface area contributed by atoms with Crippen molar-refractivity contribution < 1.29 is 0 Å². The molecule has 4 aromatic heterocycles. The highest BCUT2D eigenvalue weighted by molar-refractivity contribution is 7.27. The summed E-state index contributed by atoms with van der Waals surface area (Å²) in [5, 5.41) is 7.59. The number of hydrogen-bond acceptors (Lipinski definition) is 6. The summed E-state index contributed by atoms with van der Waals surface area (Å²) in [5.41, 5.74) is 5.52. The van der Waals surface area contributed by atoms with Crippen molar-refractivity contribution in [2.45, 2.75) is 0 Å². The molecule has 51 heavy (non-hydrogen) atoms. The van der Waals surface area contributed by atoms with E-state index in [9.17, 15) is 0 Å². The fraction of sp³-hybridized carbons (Fsp3) is 0. The third kappa shape index (κ3) is 4.58. The monoisotopic (exact) mass is 703 g/mol. The molecule has 0 saturated heterocycles. The molecule has 0 unspecified atom stereocenters. The van der Waals surface area contributed by atoms with Gasteiger partial charge in [-0.3, -0.25) is 0 Å². The first-order valence-electron chi connectivity index (χ1n) is 16.9. The van der Waals surface area contributed by atoms with Crippen molar-refractivity contribution in [3.05, 3.63) is 152 Å². The van der Waals surface area contributed by atoms with Crippen LogP contribution in [0, 0.1) is 0 Å². The van der Waals surface area contributed by atoms with Crippen LogP contribution in [0.2, 0.25) is 0 Å². The third-order valence-electron chi connectivity index (χ3n) is 9.77. The number of hydrogen-bond donors (Lipinski definition) is 0. The highest BCUT2D eigenvalue weighted by Crippen LogP contribution is 2.45. The molecule has 11 rings (SSSR count). The average Bonchev–Trinajstić information content (AvgIpc) is 3.89. The summed E-state index contributed by atoms with van der Waals surface area (Å²) in [7, 11) is 0. The van der Waals surface area contributed by atoms with Crippen molar-refractivity contribution in [1.29, 1.82) is 0 Å². The van der Waals surface area contributed by atoms with Gasteiger partial charge in [-0.05, 0) is 47.5 Å². The van der Waals surface area contributed by atoms with Crippen molar-refractivity contribution in [1.82, 2.24) is 15.0 Å². The summed E-state index contributed by atoms with van der Waals surface area (Å²) >= 11 is 5.48. The first-order valence-corrected chi connectivity index (χ1v) is 19.3. The molecule has 0 atom stereocenters. The van der Waals surface area contributed by atoms with Crippen LogP contribution in [0.4, 0.5) is 0 Å². The lowest BCUT2D eigenvalue weighted by Gasteiger charge is -2.10. The van der Waals surface area contributed by atoms with Gasteiger partial charge in [0, 0.05) is 77.2 Å². The Hall–Kier alpha value is -5.79. The molecule has 0 spiro atoms. The van der Waals surface area contributed by atoms with E-state index in [2.05, 4.69) is 133 Å². The summed E-state index contributed by atoms with van der Waals surface area (Å²) in [4.78, 5) is 15.5. The highest BCUT2D eigenvalue weighted by Gasteiger charge is 2.19. The van der Waals surface area contributed by atoms with Crippen LogP contribution in [0.25, 0.3) is 106 Å². The zero-order valence-corrected chi connectivity index (χ0v) is 29.4. The molecule has 238 valence electrons. The molecule has 7 aromatic carbocycles. The Morgan fingerprint density at radius 2 is 0.745 bits per heavy atom. The van der Waals surface area contributed by atoms with E-state index < -0.39 is 0 Å². The van der Waals surface area contributed by atoms with E-state index in [-0.39, 0.29) is 0 Å². The molecule has 6 heteroatoms. The quantitative estimate of drug-likeness (QED) is 0.183. The Morgan fingerprint density at radius 1 is 0.294 bits per heavy atom. The van der Waals surface area contributed by atoms with Gasteiger partial charge in [0.15, 0.2) is 17.5 Å². The van der Waals surface area contributed by atoms with Crippen LogP contribution in [0.3, 0.4) is 0 Å². The average molecular weight is 704 g/mol. The lowest BCUT2D eigenvalue weighted by molar-refractivity contribution is 1.08. The van der Waals surface area contributed by atoms with Crippen LogP contribution in [0.15, 0.2) is 152 Å². The molecule has 0 bridgehead atoms. The van der Waals surface area contributed by atoms with E-state index in [1.54, 1.807) is 11.3 Å². The molecule has 0 N–H and O–H groups in total. The second-order valence-electron chi connectivity index (χ2n) is 12.7. The molecule has 11 aromatic rings. The van der Waals surface area contributed by atoms with Crippen molar-refractivity contribution in [2.75, 3.05) is 0 Å². The summed E-state index contributed by atoms with van der Waals surface area (Å²) in [6, 6.07) is 54.1. The van der Waals surface area contributed by atoms with Gasteiger partial charge in [-0.25, -0.2) is 15.0 Å². The molecule has 0 radical (unpaired) electrons. The van der Waals surface area contributed by atoms with E-state index in [1.165, 1.54) is 71.6 Å². The summed E-state index contributed by atoms with van der Waals surface area (Å²) in [6.45, 7) is 0. The van der Waals surface area contributed by atoms with E-state index >= 15 is 0 Å². The van der Waals surface area contributed by atoms with Crippen LogP contribution in [0.1, 0.15) is 0 Å². The second kappa shape index (κ2) is 11.4. The molecule has 4 heterocycles. The van der Waals surface area contributed by atoms with Gasteiger partial charge < -0.3 is 0 Å². The predicted molar refractivity (Wildman–Crippen MR) is 220 cm³/mol. The van der Waals surface area contributed by atoms with Gasteiger partial charge in [0.2, 0.25) is 0 Å². The minimum Gasteiger partial charge on any atom is -0.208 e. The Morgan fingerprint density at radius 3 is 1.35 bits per heavy atom. The van der Waals surface area contributed by atoms with Crippen LogP contribution >= 0.6 is 34.0 Å². The minimum atomic E-state index is 0.672. The normalized spacial score (nSPS) is 11.9. The largest absolute Gasteiger partial charge is 0.208 e. The van der Waals surface area contributed by atoms with E-state index in [0.29, 0.717) is 17.5 Å². The zero-order valence-electron chi connectivity index (χ0n) is 27.0. The number of benzene rings is 7. The fourth-order valence-corrected chi connectivity index (χ4v) is 11.0. The molecule has 0 amide bonds. The van der Waals surface area contributed by atoms with Crippen molar-refractivity contribution >= 4 is 94.5 Å². The first kappa shape index (κ1) is 29.0. The number of fused-ring (bicyclic) bond motifs is 9. The van der Waals surface area contributed by atoms with Crippen molar-refractivity contribution in [2.24, 2.45) is 0 Å². The first-order chi connectivity index (χ1) is 25.3. The van der Waals surface area contributed by atoms with Crippen LogP contribution in [-0.4, -0.2) is 15.0 Å². The molecule has 0 aliphatic heterocycles.